The number of carbonyl (C=O) groups excluding carboxylic acids is 2. The first-order chi connectivity index (χ1) is 10.7. The maximum Gasteiger partial charge on any atom is 0.350 e. The number of esters is 1. The highest BCUT2D eigenvalue weighted by molar-refractivity contribution is 7.12. The summed E-state index contributed by atoms with van der Waals surface area (Å²) in [6.45, 7) is 0. The second kappa shape index (κ2) is 5.95. The number of amides is 1. The summed E-state index contributed by atoms with van der Waals surface area (Å²) in [5.74, 6) is -0.757. The number of hydrogen-bond donors (Lipinski definition) is 1. The van der Waals surface area contributed by atoms with Crippen LogP contribution < -0.4 is 5.32 Å². The molecule has 1 N–H and O–H groups in total. The number of hydrogen-bond acceptors (Lipinski definition) is 5. The fourth-order valence-corrected chi connectivity index (χ4v) is 2.92. The Morgan fingerprint density at radius 2 is 2.05 bits per heavy atom. The number of thiophene rings is 1. The number of pyridine rings is 1. The summed E-state index contributed by atoms with van der Waals surface area (Å²) >= 11 is 1.22. The normalized spacial score (nSPS) is 10.4. The van der Waals surface area contributed by atoms with Crippen LogP contribution in [0.3, 0.4) is 0 Å². The summed E-state index contributed by atoms with van der Waals surface area (Å²) in [5, 5.41) is 5.25. The van der Waals surface area contributed by atoms with Gasteiger partial charge in [0.2, 0.25) is 0 Å². The Morgan fingerprint density at radius 3 is 2.86 bits per heavy atom. The number of methoxy groups -OCH3 is 1. The third kappa shape index (κ3) is 2.56. The lowest BCUT2D eigenvalue weighted by molar-refractivity contribution is 0.0607. The second-order valence-corrected chi connectivity index (χ2v) is 5.40. The van der Waals surface area contributed by atoms with E-state index in [1.807, 2.05) is 12.1 Å². The Balaban J connectivity index is 1.95. The van der Waals surface area contributed by atoms with Gasteiger partial charge in [0.15, 0.2) is 0 Å². The van der Waals surface area contributed by atoms with E-state index in [9.17, 15) is 9.59 Å². The van der Waals surface area contributed by atoms with E-state index in [0.717, 1.165) is 10.9 Å². The minimum atomic E-state index is -0.468. The summed E-state index contributed by atoms with van der Waals surface area (Å²) < 4.78 is 4.70. The van der Waals surface area contributed by atoms with Gasteiger partial charge in [0.25, 0.3) is 5.91 Å². The lowest BCUT2D eigenvalue weighted by Crippen LogP contribution is -2.14. The first-order valence-corrected chi connectivity index (χ1v) is 7.39. The van der Waals surface area contributed by atoms with Gasteiger partial charge >= 0.3 is 5.97 Å². The largest absolute Gasteiger partial charge is 0.465 e. The molecule has 0 atom stereocenters. The van der Waals surface area contributed by atoms with Crippen molar-refractivity contribution >= 4 is 39.8 Å². The van der Waals surface area contributed by atoms with Gasteiger partial charge in [-0.1, -0.05) is 12.1 Å². The average molecular weight is 312 g/mol. The molecule has 1 aromatic carbocycles. The van der Waals surface area contributed by atoms with Crippen molar-refractivity contribution in [2.45, 2.75) is 0 Å². The van der Waals surface area contributed by atoms with Crippen LogP contribution in [0, 0.1) is 0 Å². The maximum atomic E-state index is 12.5. The van der Waals surface area contributed by atoms with Gasteiger partial charge in [0.1, 0.15) is 4.88 Å². The molecule has 3 rings (SSSR count). The fraction of sp³-hybridized carbons (Fsp3) is 0.0625. The minimum absolute atomic E-state index is 0.290. The Hall–Kier alpha value is -2.73. The van der Waals surface area contributed by atoms with Crippen molar-refractivity contribution in [2.75, 3.05) is 12.4 Å². The summed E-state index contributed by atoms with van der Waals surface area (Å²) in [7, 11) is 1.31. The average Bonchev–Trinajstić information content (AvgIpc) is 3.01. The zero-order valence-electron chi connectivity index (χ0n) is 11.7. The van der Waals surface area contributed by atoms with E-state index in [2.05, 4.69) is 10.3 Å². The van der Waals surface area contributed by atoms with Gasteiger partial charge in [-0.3, -0.25) is 9.78 Å². The number of nitrogens with zero attached hydrogens (tertiary/aromatic N) is 1. The smallest absolute Gasteiger partial charge is 0.350 e. The van der Waals surface area contributed by atoms with E-state index >= 15 is 0 Å². The molecule has 0 aliphatic rings. The van der Waals surface area contributed by atoms with E-state index < -0.39 is 5.97 Å². The second-order valence-electron chi connectivity index (χ2n) is 4.48. The molecule has 5 nitrogen and oxygen atoms in total. The zero-order chi connectivity index (χ0) is 15.5. The van der Waals surface area contributed by atoms with Gasteiger partial charge < -0.3 is 10.1 Å². The predicted molar refractivity (Wildman–Crippen MR) is 85.4 cm³/mol. The van der Waals surface area contributed by atoms with Crippen LogP contribution in [-0.4, -0.2) is 24.0 Å². The lowest BCUT2D eigenvalue weighted by Gasteiger charge is -2.08. The maximum absolute atomic E-state index is 12.5. The lowest BCUT2D eigenvalue weighted by atomic mass is 10.1. The van der Waals surface area contributed by atoms with Gasteiger partial charge in [0, 0.05) is 17.1 Å². The SMILES string of the molecule is COC(=O)c1sccc1NC(=O)c1cccc2ncccc12. The van der Waals surface area contributed by atoms with Crippen LogP contribution in [0.2, 0.25) is 0 Å². The van der Waals surface area contributed by atoms with E-state index in [-0.39, 0.29) is 5.91 Å². The number of nitrogens with one attached hydrogen (secondary N) is 1. The van der Waals surface area contributed by atoms with Crippen molar-refractivity contribution in [2.24, 2.45) is 0 Å². The van der Waals surface area contributed by atoms with Crippen molar-refractivity contribution in [1.82, 2.24) is 4.98 Å². The molecule has 0 fully saturated rings. The molecule has 3 aromatic rings. The number of ether oxygens (including phenoxy) is 1. The van der Waals surface area contributed by atoms with Crippen LogP contribution >= 0.6 is 11.3 Å². The highest BCUT2D eigenvalue weighted by Crippen LogP contribution is 2.25. The summed E-state index contributed by atoms with van der Waals surface area (Å²) in [5.41, 5.74) is 1.70. The quantitative estimate of drug-likeness (QED) is 0.753. The van der Waals surface area contributed by atoms with E-state index in [1.165, 1.54) is 18.4 Å². The van der Waals surface area contributed by atoms with Crippen molar-refractivity contribution < 1.29 is 14.3 Å². The first kappa shape index (κ1) is 14.2. The standard InChI is InChI=1S/C16H12N2O3S/c1-21-16(20)14-13(7-9-22-14)18-15(19)11-4-2-6-12-10(11)5-3-8-17-12/h2-9H,1H3,(H,18,19). The van der Waals surface area contributed by atoms with E-state index in [1.54, 1.807) is 35.8 Å². The van der Waals surface area contributed by atoms with Crippen molar-refractivity contribution in [3.63, 3.8) is 0 Å². The summed E-state index contributed by atoms with van der Waals surface area (Å²) in [6.07, 6.45) is 1.68. The molecule has 0 saturated carbocycles. The highest BCUT2D eigenvalue weighted by Gasteiger charge is 2.17. The van der Waals surface area contributed by atoms with Crippen LogP contribution in [0.4, 0.5) is 5.69 Å². The van der Waals surface area contributed by atoms with Gasteiger partial charge in [-0.05, 0) is 29.6 Å². The third-order valence-electron chi connectivity index (χ3n) is 3.17. The molecule has 22 heavy (non-hydrogen) atoms. The molecule has 0 aliphatic heterocycles. The molecule has 0 radical (unpaired) electrons. The number of carbonyl (C=O) groups is 2. The molecule has 0 bridgehead atoms. The van der Waals surface area contributed by atoms with Gasteiger partial charge in [-0.15, -0.1) is 11.3 Å². The molecule has 2 heterocycles. The van der Waals surface area contributed by atoms with Crippen LogP contribution in [-0.2, 0) is 4.74 Å². The summed E-state index contributed by atoms with van der Waals surface area (Å²) in [6, 6.07) is 10.6. The van der Waals surface area contributed by atoms with Crippen molar-refractivity contribution in [1.29, 1.82) is 0 Å². The molecule has 0 unspecified atom stereocenters. The predicted octanol–water partition coefficient (Wildman–Crippen LogP) is 3.34. The first-order valence-electron chi connectivity index (χ1n) is 6.51. The number of anilines is 1. The fourth-order valence-electron chi connectivity index (χ4n) is 2.15. The minimum Gasteiger partial charge on any atom is -0.465 e. The van der Waals surface area contributed by atoms with Crippen LogP contribution in [0.1, 0.15) is 20.0 Å². The number of aromatic nitrogens is 1. The van der Waals surface area contributed by atoms with E-state index in [4.69, 9.17) is 4.74 Å². The molecule has 1 amide bonds. The molecular formula is C16H12N2O3S. The number of rotatable bonds is 3. The Morgan fingerprint density at radius 1 is 1.18 bits per heavy atom. The Labute approximate surface area is 130 Å². The number of benzene rings is 1. The molecule has 6 heteroatoms. The van der Waals surface area contributed by atoms with Crippen LogP contribution in [0.25, 0.3) is 10.9 Å². The zero-order valence-corrected chi connectivity index (χ0v) is 12.5. The Bertz CT molecular complexity index is 852. The third-order valence-corrected chi connectivity index (χ3v) is 4.07. The van der Waals surface area contributed by atoms with Crippen LogP contribution in [0.5, 0.6) is 0 Å². The monoisotopic (exact) mass is 312 g/mol. The summed E-state index contributed by atoms with van der Waals surface area (Å²) in [4.78, 5) is 28.8. The van der Waals surface area contributed by atoms with Crippen LogP contribution in [0.15, 0.2) is 48.0 Å². The topological polar surface area (TPSA) is 68.3 Å². The molecule has 0 spiro atoms. The molecule has 2 aromatic heterocycles. The van der Waals surface area contributed by atoms with Crippen molar-refractivity contribution in [3.8, 4) is 0 Å². The molecule has 0 saturated heterocycles. The van der Waals surface area contributed by atoms with Crippen molar-refractivity contribution in [3.05, 3.63) is 58.4 Å². The van der Waals surface area contributed by atoms with Gasteiger partial charge in [0.05, 0.1) is 18.3 Å². The molecule has 110 valence electrons. The Kier molecular flexibility index (Phi) is 3.84. The molecular weight excluding hydrogens is 300 g/mol. The van der Waals surface area contributed by atoms with Gasteiger partial charge in [-0.2, -0.15) is 0 Å². The molecule has 0 aliphatic carbocycles. The highest BCUT2D eigenvalue weighted by atomic mass is 32.1. The van der Waals surface area contributed by atoms with Gasteiger partial charge in [-0.25, -0.2) is 4.79 Å². The van der Waals surface area contributed by atoms with E-state index in [0.29, 0.717) is 16.1 Å². The number of fused-ring (bicyclic) bond motifs is 1.